The first kappa shape index (κ1) is 14.6. The summed E-state index contributed by atoms with van der Waals surface area (Å²) in [5.74, 6) is -1.27. The Labute approximate surface area is 100 Å². The highest BCUT2D eigenvalue weighted by Crippen LogP contribution is 2.35. The molecule has 1 aliphatic carbocycles. The number of hydrogen-bond donors (Lipinski definition) is 3. The number of amides is 2. The van der Waals surface area contributed by atoms with Crippen LogP contribution in [0.4, 0.5) is 18.0 Å². The average Bonchev–Trinajstić information content (AvgIpc) is 2.96. The Kier molecular flexibility index (Phi) is 4.05. The van der Waals surface area contributed by atoms with Crippen molar-refractivity contribution in [2.45, 2.75) is 24.6 Å². The van der Waals surface area contributed by atoms with E-state index in [9.17, 15) is 22.8 Å². The van der Waals surface area contributed by atoms with Crippen molar-refractivity contribution in [1.29, 1.82) is 0 Å². The lowest BCUT2D eigenvalue weighted by atomic mass is 10.3. The molecule has 0 aromatic heterocycles. The van der Waals surface area contributed by atoms with Gasteiger partial charge < -0.3 is 20.4 Å². The summed E-state index contributed by atoms with van der Waals surface area (Å²) in [4.78, 5) is 22.6. The van der Waals surface area contributed by atoms with Crippen LogP contribution in [-0.2, 0) is 4.79 Å². The van der Waals surface area contributed by atoms with Gasteiger partial charge in [-0.15, -0.1) is 0 Å². The van der Waals surface area contributed by atoms with Crippen molar-refractivity contribution in [1.82, 2.24) is 10.2 Å². The summed E-state index contributed by atoms with van der Waals surface area (Å²) >= 11 is 0. The zero-order valence-corrected chi connectivity index (χ0v) is 9.33. The first-order valence-corrected chi connectivity index (χ1v) is 5.18. The minimum Gasteiger partial charge on any atom is -0.480 e. The van der Waals surface area contributed by atoms with E-state index in [1.165, 1.54) is 0 Å². The van der Waals surface area contributed by atoms with Crippen molar-refractivity contribution >= 4 is 12.0 Å². The number of aliphatic hydroxyl groups is 1. The van der Waals surface area contributed by atoms with Crippen LogP contribution >= 0.6 is 0 Å². The minimum absolute atomic E-state index is 0.188. The summed E-state index contributed by atoms with van der Waals surface area (Å²) < 4.78 is 36.5. The number of carboxylic acid groups (broad SMARTS) is 1. The molecule has 1 rings (SSSR count). The molecule has 0 spiro atoms. The van der Waals surface area contributed by atoms with Gasteiger partial charge in [0.05, 0.1) is 6.61 Å². The lowest BCUT2D eigenvalue weighted by molar-refractivity contribution is -0.142. The number of rotatable bonds is 5. The number of nitrogens with one attached hydrogen (secondary N) is 1. The van der Waals surface area contributed by atoms with Gasteiger partial charge in [-0.1, -0.05) is 0 Å². The first-order valence-electron chi connectivity index (χ1n) is 5.18. The zero-order valence-electron chi connectivity index (χ0n) is 9.33. The van der Waals surface area contributed by atoms with Gasteiger partial charge in [-0.2, -0.15) is 13.2 Å². The second-order valence-corrected chi connectivity index (χ2v) is 4.08. The van der Waals surface area contributed by atoms with E-state index < -0.39 is 43.4 Å². The molecule has 0 bridgehead atoms. The highest BCUT2D eigenvalue weighted by atomic mass is 19.4. The fourth-order valence-electron chi connectivity index (χ4n) is 1.39. The Morgan fingerprint density at radius 1 is 1.33 bits per heavy atom. The van der Waals surface area contributed by atoms with E-state index in [1.807, 2.05) is 0 Å². The van der Waals surface area contributed by atoms with Gasteiger partial charge in [-0.3, -0.25) is 0 Å². The Hall–Kier alpha value is -1.51. The topological polar surface area (TPSA) is 89.9 Å². The molecular weight excluding hydrogens is 257 g/mol. The molecule has 0 aromatic carbocycles. The lowest BCUT2D eigenvalue weighted by Gasteiger charge is -2.25. The molecule has 0 aliphatic heterocycles. The van der Waals surface area contributed by atoms with E-state index in [1.54, 1.807) is 0 Å². The number of aliphatic hydroxyl groups excluding tert-OH is 1. The van der Waals surface area contributed by atoms with Gasteiger partial charge in [-0.05, 0) is 12.8 Å². The van der Waals surface area contributed by atoms with Gasteiger partial charge in [0.2, 0.25) is 0 Å². The van der Waals surface area contributed by atoms with Crippen LogP contribution in [0.1, 0.15) is 12.8 Å². The van der Waals surface area contributed by atoms with Gasteiger partial charge in [0.25, 0.3) is 0 Å². The number of alkyl halides is 3. The van der Waals surface area contributed by atoms with Crippen LogP contribution in [-0.4, -0.2) is 58.5 Å². The number of nitrogens with zero attached hydrogens (tertiary/aromatic N) is 1. The SMILES string of the molecule is O=C(NC1(C(=O)O)CC1)N(CCO)CC(F)(F)F. The smallest absolute Gasteiger partial charge is 0.406 e. The maximum Gasteiger partial charge on any atom is 0.406 e. The lowest BCUT2D eigenvalue weighted by Crippen LogP contribution is -2.52. The Morgan fingerprint density at radius 2 is 1.89 bits per heavy atom. The van der Waals surface area contributed by atoms with E-state index in [0.29, 0.717) is 4.90 Å². The fourth-order valence-corrected chi connectivity index (χ4v) is 1.39. The predicted molar refractivity (Wildman–Crippen MR) is 52.8 cm³/mol. The van der Waals surface area contributed by atoms with Crippen LogP contribution in [0.5, 0.6) is 0 Å². The summed E-state index contributed by atoms with van der Waals surface area (Å²) in [5, 5.41) is 19.4. The standard InChI is InChI=1S/C9H13F3N2O4/c10-9(11,12)5-14(3-4-15)7(18)13-8(1-2-8)6(16)17/h15H,1-5H2,(H,13,18)(H,16,17). The molecule has 0 unspecified atom stereocenters. The van der Waals surface area contributed by atoms with Crippen molar-refractivity contribution < 1.29 is 33.0 Å². The van der Waals surface area contributed by atoms with Crippen molar-refractivity contribution in [3.05, 3.63) is 0 Å². The van der Waals surface area contributed by atoms with Crippen LogP contribution in [0.2, 0.25) is 0 Å². The summed E-state index contributed by atoms with van der Waals surface area (Å²) in [5.41, 5.74) is -1.45. The van der Waals surface area contributed by atoms with Crippen LogP contribution in [0.15, 0.2) is 0 Å². The van der Waals surface area contributed by atoms with Crippen molar-refractivity contribution in [2.75, 3.05) is 19.7 Å². The van der Waals surface area contributed by atoms with Crippen molar-refractivity contribution in [2.24, 2.45) is 0 Å². The third-order valence-corrected chi connectivity index (χ3v) is 2.53. The molecule has 1 saturated carbocycles. The van der Waals surface area contributed by atoms with Crippen LogP contribution in [0, 0.1) is 0 Å². The van der Waals surface area contributed by atoms with E-state index in [4.69, 9.17) is 10.2 Å². The quantitative estimate of drug-likeness (QED) is 0.664. The number of hydrogen-bond acceptors (Lipinski definition) is 3. The molecule has 6 nitrogen and oxygen atoms in total. The van der Waals surface area contributed by atoms with Gasteiger partial charge >= 0.3 is 18.2 Å². The van der Waals surface area contributed by atoms with Gasteiger partial charge in [0.1, 0.15) is 12.1 Å². The monoisotopic (exact) mass is 270 g/mol. The second kappa shape index (κ2) is 5.01. The molecule has 0 aromatic rings. The molecule has 1 fully saturated rings. The van der Waals surface area contributed by atoms with Crippen LogP contribution < -0.4 is 5.32 Å². The number of urea groups is 1. The zero-order chi connectivity index (χ0) is 14.0. The number of carbonyl (C=O) groups excluding carboxylic acids is 1. The maximum absolute atomic E-state index is 12.2. The van der Waals surface area contributed by atoms with Gasteiger partial charge in [0.15, 0.2) is 0 Å². The first-order chi connectivity index (χ1) is 8.20. The molecule has 1 aliphatic rings. The molecule has 0 atom stereocenters. The molecule has 18 heavy (non-hydrogen) atoms. The van der Waals surface area contributed by atoms with Crippen molar-refractivity contribution in [3.63, 3.8) is 0 Å². The molecule has 2 amide bonds. The van der Waals surface area contributed by atoms with Crippen LogP contribution in [0.25, 0.3) is 0 Å². The molecular formula is C9H13F3N2O4. The highest BCUT2D eigenvalue weighted by Gasteiger charge is 2.52. The van der Waals surface area contributed by atoms with E-state index >= 15 is 0 Å². The van der Waals surface area contributed by atoms with Crippen molar-refractivity contribution in [3.8, 4) is 0 Å². The molecule has 104 valence electrons. The normalized spacial score (nSPS) is 17.1. The van der Waals surface area contributed by atoms with Crippen LogP contribution in [0.3, 0.4) is 0 Å². The third kappa shape index (κ3) is 3.76. The van der Waals surface area contributed by atoms with E-state index in [2.05, 4.69) is 5.32 Å². The summed E-state index contributed by atoms with van der Waals surface area (Å²) in [7, 11) is 0. The number of carbonyl (C=O) groups is 2. The molecule has 0 heterocycles. The molecule has 0 radical (unpaired) electrons. The van der Waals surface area contributed by atoms with E-state index in [0.717, 1.165) is 0 Å². The Balaban J connectivity index is 2.63. The van der Waals surface area contributed by atoms with Gasteiger partial charge in [-0.25, -0.2) is 9.59 Å². The molecule has 0 saturated heterocycles. The highest BCUT2D eigenvalue weighted by molar-refractivity contribution is 5.88. The Morgan fingerprint density at radius 3 is 2.22 bits per heavy atom. The maximum atomic E-state index is 12.2. The Bertz CT molecular complexity index is 341. The molecule has 3 N–H and O–H groups in total. The minimum atomic E-state index is -4.60. The molecule has 9 heteroatoms. The number of halogens is 3. The average molecular weight is 270 g/mol. The number of carboxylic acids is 1. The summed E-state index contributed by atoms with van der Waals surface area (Å²) in [6.45, 7) is -2.68. The second-order valence-electron chi connectivity index (χ2n) is 4.08. The third-order valence-electron chi connectivity index (χ3n) is 2.53. The van der Waals surface area contributed by atoms with E-state index in [-0.39, 0.29) is 12.8 Å². The van der Waals surface area contributed by atoms with Gasteiger partial charge in [0, 0.05) is 6.54 Å². The number of aliphatic carboxylic acids is 1. The summed E-state index contributed by atoms with van der Waals surface area (Å²) in [6, 6.07) is -1.14. The predicted octanol–water partition coefficient (Wildman–Crippen LogP) is 0.170. The summed E-state index contributed by atoms with van der Waals surface area (Å²) in [6.07, 6.45) is -4.23. The largest absolute Gasteiger partial charge is 0.480 e. The fraction of sp³-hybridized carbons (Fsp3) is 0.778.